The van der Waals surface area contributed by atoms with Gasteiger partial charge in [0.1, 0.15) is 0 Å². The second-order valence-electron chi connectivity index (χ2n) is 4.98. The SMILES string of the molecule is C=S(=O)(NC(C)(C)C)C1(C)CC1. The first-order chi connectivity index (χ1) is 5.16. The average Bonchev–Trinajstić information content (AvgIpc) is 2.40. The monoisotopic (exact) mass is 189 g/mol. The fourth-order valence-electron chi connectivity index (χ4n) is 1.12. The van der Waals surface area contributed by atoms with E-state index in [1.54, 1.807) is 0 Å². The molecule has 1 atom stereocenters. The molecule has 1 fully saturated rings. The van der Waals surface area contributed by atoms with Crippen molar-refractivity contribution in [2.24, 2.45) is 0 Å². The van der Waals surface area contributed by atoms with Gasteiger partial charge in [-0.05, 0) is 46.4 Å². The predicted octanol–water partition coefficient (Wildman–Crippen LogP) is 1.56. The molecule has 0 aliphatic heterocycles. The Morgan fingerprint density at radius 3 is 2.08 bits per heavy atom. The molecule has 0 aromatic heterocycles. The molecule has 0 amide bonds. The van der Waals surface area contributed by atoms with Gasteiger partial charge in [-0.25, -0.2) is 4.72 Å². The lowest BCUT2D eigenvalue weighted by Crippen LogP contribution is -2.45. The molecule has 0 spiro atoms. The van der Waals surface area contributed by atoms with Crippen molar-refractivity contribution in [1.82, 2.24) is 4.72 Å². The first kappa shape index (κ1) is 10.1. The van der Waals surface area contributed by atoms with Crippen molar-refractivity contribution in [3.63, 3.8) is 0 Å². The summed E-state index contributed by atoms with van der Waals surface area (Å²) in [5, 5.41) is 0. The predicted molar refractivity (Wildman–Crippen MR) is 55.8 cm³/mol. The zero-order valence-corrected chi connectivity index (χ0v) is 9.25. The van der Waals surface area contributed by atoms with Crippen molar-refractivity contribution < 1.29 is 4.21 Å². The van der Waals surface area contributed by atoms with Crippen molar-refractivity contribution in [3.8, 4) is 0 Å². The van der Waals surface area contributed by atoms with Gasteiger partial charge in [0.25, 0.3) is 0 Å². The summed E-state index contributed by atoms with van der Waals surface area (Å²) in [4.78, 5) is 0. The molecule has 12 heavy (non-hydrogen) atoms. The highest BCUT2D eigenvalue weighted by Crippen LogP contribution is 2.42. The van der Waals surface area contributed by atoms with Crippen LogP contribution in [0.3, 0.4) is 0 Å². The van der Waals surface area contributed by atoms with Gasteiger partial charge in [-0.3, -0.25) is 4.21 Å². The third-order valence-electron chi connectivity index (χ3n) is 2.22. The molecule has 1 aliphatic rings. The van der Waals surface area contributed by atoms with Gasteiger partial charge in [0.05, 0.1) is 0 Å². The first-order valence-electron chi connectivity index (χ1n) is 4.32. The minimum absolute atomic E-state index is 0.0414. The highest BCUT2D eigenvalue weighted by Gasteiger charge is 2.46. The summed E-state index contributed by atoms with van der Waals surface area (Å²) < 4.78 is 15.1. The van der Waals surface area contributed by atoms with Crippen molar-refractivity contribution in [1.29, 1.82) is 0 Å². The van der Waals surface area contributed by atoms with Crippen LogP contribution in [0, 0.1) is 0 Å². The van der Waals surface area contributed by atoms with E-state index in [2.05, 4.69) is 10.6 Å². The lowest BCUT2D eigenvalue weighted by Gasteiger charge is -2.27. The maximum Gasteiger partial charge on any atom is 0.0486 e. The number of hydrogen-bond donors (Lipinski definition) is 1. The topological polar surface area (TPSA) is 29.1 Å². The molecule has 1 saturated carbocycles. The number of rotatable bonds is 2. The highest BCUT2D eigenvalue weighted by atomic mass is 32.2. The summed E-state index contributed by atoms with van der Waals surface area (Å²) in [7, 11) is -2.09. The van der Waals surface area contributed by atoms with Crippen LogP contribution < -0.4 is 4.72 Å². The lowest BCUT2D eigenvalue weighted by molar-refractivity contribution is 0.514. The van der Waals surface area contributed by atoms with Crippen LogP contribution in [0.5, 0.6) is 0 Å². The van der Waals surface area contributed by atoms with Crippen LogP contribution in [0.2, 0.25) is 0 Å². The third-order valence-corrected chi connectivity index (χ3v) is 5.16. The van der Waals surface area contributed by atoms with Crippen LogP contribution >= 0.6 is 0 Å². The summed E-state index contributed by atoms with van der Waals surface area (Å²) >= 11 is 0. The largest absolute Gasteiger partial charge is 0.252 e. The molecule has 1 rings (SSSR count). The zero-order chi connectivity index (χ0) is 9.62. The first-order valence-corrected chi connectivity index (χ1v) is 6.05. The van der Waals surface area contributed by atoms with Gasteiger partial charge in [-0.1, -0.05) is 0 Å². The summed E-state index contributed by atoms with van der Waals surface area (Å²) in [6.45, 7) is 8.10. The molecule has 3 heteroatoms. The van der Waals surface area contributed by atoms with Crippen molar-refractivity contribution in [2.45, 2.75) is 50.8 Å². The Kier molecular flexibility index (Phi) is 2.08. The van der Waals surface area contributed by atoms with Gasteiger partial charge in [0, 0.05) is 20.0 Å². The summed E-state index contributed by atoms with van der Waals surface area (Å²) in [5.41, 5.74) is -0.107. The molecule has 1 N–H and O–H groups in total. The molecule has 0 aromatic rings. The molecular formula is C9H19NOS. The Balaban J connectivity index is 2.75. The van der Waals surface area contributed by atoms with Crippen LogP contribution in [0.25, 0.3) is 0 Å². The molecule has 1 unspecified atom stereocenters. The minimum Gasteiger partial charge on any atom is -0.252 e. The second kappa shape index (κ2) is 2.48. The molecule has 2 nitrogen and oxygen atoms in total. The molecule has 0 bridgehead atoms. The summed E-state index contributed by atoms with van der Waals surface area (Å²) in [6.07, 6.45) is 2.08. The maximum absolute atomic E-state index is 12.1. The van der Waals surface area contributed by atoms with E-state index in [1.165, 1.54) is 0 Å². The molecule has 0 radical (unpaired) electrons. The van der Waals surface area contributed by atoms with E-state index in [1.807, 2.05) is 27.7 Å². The van der Waals surface area contributed by atoms with Crippen molar-refractivity contribution in [3.05, 3.63) is 0 Å². The van der Waals surface area contributed by atoms with Crippen LogP contribution in [0.15, 0.2) is 0 Å². The van der Waals surface area contributed by atoms with E-state index in [0.717, 1.165) is 12.8 Å². The molecular weight excluding hydrogens is 170 g/mol. The van der Waals surface area contributed by atoms with E-state index in [0.29, 0.717) is 0 Å². The Morgan fingerprint density at radius 1 is 1.42 bits per heavy atom. The quantitative estimate of drug-likeness (QED) is 0.656. The molecule has 1 aliphatic carbocycles. The number of hydrogen-bond acceptors (Lipinski definition) is 1. The van der Waals surface area contributed by atoms with Crippen molar-refractivity contribution >= 4 is 15.6 Å². The highest BCUT2D eigenvalue weighted by molar-refractivity contribution is 8.00. The normalized spacial score (nSPS) is 26.3. The van der Waals surface area contributed by atoms with Crippen molar-refractivity contribution in [2.75, 3.05) is 0 Å². The molecule has 72 valence electrons. The molecule has 0 heterocycles. The molecule has 0 saturated heterocycles. The number of nitrogens with one attached hydrogen (secondary N) is 1. The van der Waals surface area contributed by atoms with Crippen LogP contribution in [0.4, 0.5) is 0 Å². The Morgan fingerprint density at radius 2 is 1.83 bits per heavy atom. The van der Waals surface area contributed by atoms with Crippen LogP contribution in [-0.2, 0) is 9.71 Å². The van der Waals surface area contributed by atoms with Crippen LogP contribution in [-0.4, -0.2) is 20.4 Å². The van der Waals surface area contributed by atoms with Gasteiger partial charge in [0.2, 0.25) is 0 Å². The van der Waals surface area contributed by atoms with E-state index in [9.17, 15) is 4.21 Å². The summed E-state index contributed by atoms with van der Waals surface area (Å²) in [6, 6.07) is 0. The van der Waals surface area contributed by atoms with E-state index < -0.39 is 9.71 Å². The maximum atomic E-state index is 12.1. The Hall–Kier alpha value is -0.0200. The second-order valence-corrected chi connectivity index (χ2v) is 7.52. The van der Waals surface area contributed by atoms with E-state index >= 15 is 0 Å². The minimum atomic E-state index is -2.09. The van der Waals surface area contributed by atoms with Gasteiger partial charge >= 0.3 is 0 Å². The van der Waals surface area contributed by atoms with E-state index in [-0.39, 0.29) is 10.3 Å². The van der Waals surface area contributed by atoms with Gasteiger partial charge < -0.3 is 0 Å². The fraction of sp³-hybridized carbons (Fsp3) is 0.889. The standard InChI is InChI=1S/C9H19NOS/c1-8(2,3)10-12(5,11)9(4)6-7-9/h5-7H2,1-4H3,(H,10,11). The van der Waals surface area contributed by atoms with Gasteiger partial charge in [-0.15, -0.1) is 0 Å². The Labute approximate surface area is 75.9 Å². The van der Waals surface area contributed by atoms with Crippen LogP contribution in [0.1, 0.15) is 40.5 Å². The lowest BCUT2D eigenvalue weighted by atomic mass is 10.1. The van der Waals surface area contributed by atoms with E-state index in [4.69, 9.17) is 0 Å². The third kappa shape index (κ3) is 2.02. The fourth-order valence-corrected chi connectivity index (χ4v) is 3.12. The summed E-state index contributed by atoms with van der Waals surface area (Å²) in [5.74, 6) is 3.81. The molecule has 0 aromatic carbocycles. The smallest absolute Gasteiger partial charge is 0.0486 e. The van der Waals surface area contributed by atoms with Gasteiger partial charge in [0.15, 0.2) is 0 Å². The average molecular weight is 189 g/mol. The van der Waals surface area contributed by atoms with Gasteiger partial charge in [-0.2, -0.15) is 0 Å². The zero-order valence-electron chi connectivity index (χ0n) is 8.44. The Bertz CT molecular complexity index is 267.